The van der Waals surface area contributed by atoms with Crippen LogP contribution in [0.25, 0.3) is 10.9 Å². The van der Waals surface area contributed by atoms with Crippen LogP contribution in [-0.4, -0.2) is 9.90 Å². The van der Waals surface area contributed by atoms with Gasteiger partial charge in [-0.15, -0.1) is 0 Å². The van der Waals surface area contributed by atoms with E-state index >= 15 is 0 Å². The fourth-order valence-corrected chi connectivity index (χ4v) is 2.94. The summed E-state index contributed by atoms with van der Waals surface area (Å²) in [6.07, 6.45) is 9.05. The van der Waals surface area contributed by atoms with Crippen LogP contribution in [0.4, 0.5) is 0 Å². The number of hydrogen-bond acceptors (Lipinski definition) is 0. The van der Waals surface area contributed by atoms with E-state index in [4.69, 9.17) is 0 Å². The Balaban J connectivity index is 1.97. The van der Waals surface area contributed by atoms with Crippen LogP contribution in [0, 0.1) is 0 Å². The molecule has 0 aliphatic carbocycles. The maximum absolute atomic E-state index is 3.44. The van der Waals surface area contributed by atoms with Gasteiger partial charge in [-0.05, 0) is 44.2 Å². The number of benzene rings is 1. The fourth-order valence-electron chi connectivity index (χ4n) is 2.39. The van der Waals surface area contributed by atoms with Crippen LogP contribution >= 0.6 is 15.9 Å². The first-order valence-electron chi connectivity index (χ1n) is 7.12. The number of aromatic nitrogens is 1. The third-order valence-electron chi connectivity index (χ3n) is 3.56. The average Bonchev–Trinajstić information content (AvgIpc) is 2.83. The number of allylic oxidation sites excluding steroid dienone is 4. The molecule has 0 bridgehead atoms. The van der Waals surface area contributed by atoms with Gasteiger partial charge < -0.3 is 4.57 Å². The lowest BCUT2D eigenvalue weighted by atomic mass is 10.1. The molecule has 2 aromatic rings. The number of hydrogen-bond donors (Lipinski definition) is 0. The molecule has 1 nitrogen and oxygen atoms in total. The van der Waals surface area contributed by atoms with Crippen LogP contribution in [-0.2, 0) is 6.54 Å². The van der Waals surface area contributed by atoms with E-state index in [2.05, 4.69) is 83.0 Å². The normalized spacial score (nSPS) is 13.2. The number of para-hydroxylation sites is 1. The van der Waals surface area contributed by atoms with Gasteiger partial charge in [0.15, 0.2) is 0 Å². The summed E-state index contributed by atoms with van der Waals surface area (Å²) in [5.74, 6) is 0. The van der Waals surface area contributed by atoms with E-state index in [0.29, 0.717) is 0 Å². The van der Waals surface area contributed by atoms with Crippen molar-refractivity contribution in [2.75, 3.05) is 5.33 Å². The van der Waals surface area contributed by atoms with Gasteiger partial charge in [-0.25, -0.2) is 0 Å². The predicted octanol–water partition coefficient (Wildman–Crippen LogP) is 5.71. The van der Waals surface area contributed by atoms with Crippen molar-refractivity contribution in [2.24, 2.45) is 0 Å². The summed E-state index contributed by atoms with van der Waals surface area (Å²) in [6.45, 7) is 5.40. The summed E-state index contributed by atoms with van der Waals surface area (Å²) in [7, 11) is 0. The summed E-state index contributed by atoms with van der Waals surface area (Å²) in [6, 6.07) is 10.7. The van der Waals surface area contributed by atoms with Crippen molar-refractivity contribution < 1.29 is 0 Å². The van der Waals surface area contributed by atoms with Gasteiger partial charge in [0.05, 0.1) is 0 Å². The van der Waals surface area contributed by atoms with E-state index in [9.17, 15) is 0 Å². The van der Waals surface area contributed by atoms with Gasteiger partial charge in [-0.3, -0.25) is 0 Å². The Hall–Kier alpha value is -1.28. The van der Waals surface area contributed by atoms with Crippen molar-refractivity contribution in [1.29, 1.82) is 0 Å². The van der Waals surface area contributed by atoms with Gasteiger partial charge in [-0.2, -0.15) is 0 Å². The van der Waals surface area contributed by atoms with E-state index in [-0.39, 0.29) is 0 Å². The van der Waals surface area contributed by atoms with E-state index in [1.807, 2.05) is 0 Å². The molecule has 0 amide bonds. The molecule has 1 aromatic heterocycles. The number of nitrogens with zero attached hydrogens (tertiary/aromatic N) is 1. The Morgan fingerprint density at radius 2 is 1.90 bits per heavy atom. The quantitative estimate of drug-likeness (QED) is 0.472. The summed E-state index contributed by atoms with van der Waals surface area (Å²) in [4.78, 5) is 0. The van der Waals surface area contributed by atoms with E-state index in [0.717, 1.165) is 24.7 Å². The minimum absolute atomic E-state index is 0.955. The van der Waals surface area contributed by atoms with Gasteiger partial charge in [0.1, 0.15) is 0 Å². The molecule has 0 radical (unpaired) electrons. The van der Waals surface area contributed by atoms with Gasteiger partial charge in [-0.1, -0.05) is 57.4 Å². The Morgan fingerprint density at radius 1 is 1.10 bits per heavy atom. The van der Waals surface area contributed by atoms with Gasteiger partial charge in [0, 0.05) is 23.6 Å². The first-order chi connectivity index (χ1) is 9.70. The van der Waals surface area contributed by atoms with Crippen molar-refractivity contribution in [2.45, 2.75) is 33.2 Å². The third kappa shape index (κ3) is 4.11. The molecule has 0 aliphatic rings. The standard InChI is InChI=1S/C18H22BrN/c1-15(10-12-19)6-5-7-16(2)14-20-13-11-17-8-3-4-9-18(17)20/h3-4,7-11,13H,5-6,12,14H2,1-2H3/b15-10+,16-7+. The van der Waals surface area contributed by atoms with Gasteiger partial charge in [0.25, 0.3) is 0 Å². The van der Waals surface area contributed by atoms with Crippen molar-refractivity contribution in [3.05, 3.63) is 59.8 Å². The smallest absolute Gasteiger partial charge is 0.0483 e. The highest BCUT2D eigenvalue weighted by molar-refractivity contribution is 9.09. The monoisotopic (exact) mass is 331 g/mol. The van der Waals surface area contributed by atoms with Crippen LogP contribution < -0.4 is 0 Å². The summed E-state index contributed by atoms with van der Waals surface area (Å²) in [5, 5.41) is 2.27. The number of halogens is 1. The topological polar surface area (TPSA) is 4.93 Å². The largest absolute Gasteiger partial charge is 0.343 e. The lowest BCUT2D eigenvalue weighted by molar-refractivity contribution is 0.808. The highest BCUT2D eigenvalue weighted by atomic mass is 79.9. The lowest BCUT2D eigenvalue weighted by Crippen LogP contribution is -1.97. The zero-order chi connectivity index (χ0) is 14.4. The molecule has 0 fully saturated rings. The Kier molecular flexibility index (Phi) is 5.66. The van der Waals surface area contributed by atoms with Gasteiger partial charge >= 0.3 is 0 Å². The van der Waals surface area contributed by atoms with Crippen LogP contribution in [0.3, 0.4) is 0 Å². The number of fused-ring (bicyclic) bond motifs is 1. The molecular formula is C18H22BrN. The van der Waals surface area contributed by atoms with Crippen LogP contribution in [0.15, 0.2) is 59.8 Å². The number of alkyl halides is 1. The molecule has 106 valence electrons. The first-order valence-corrected chi connectivity index (χ1v) is 8.24. The second-order valence-electron chi connectivity index (χ2n) is 5.30. The lowest BCUT2D eigenvalue weighted by Gasteiger charge is -2.06. The van der Waals surface area contributed by atoms with Crippen molar-refractivity contribution >= 4 is 26.8 Å². The van der Waals surface area contributed by atoms with Crippen LogP contribution in [0.1, 0.15) is 26.7 Å². The van der Waals surface area contributed by atoms with Crippen molar-refractivity contribution in [3.8, 4) is 0 Å². The second kappa shape index (κ2) is 7.49. The van der Waals surface area contributed by atoms with E-state index in [1.54, 1.807) is 0 Å². The fraction of sp³-hybridized carbons (Fsp3) is 0.333. The molecule has 0 unspecified atom stereocenters. The Morgan fingerprint density at radius 3 is 2.70 bits per heavy atom. The molecule has 0 N–H and O–H groups in total. The molecule has 0 spiro atoms. The first kappa shape index (κ1) is 15.1. The van der Waals surface area contributed by atoms with Crippen LogP contribution in [0.2, 0.25) is 0 Å². The molecule has 1 heterocycles. The molecule has 1 aromatic carbocycles. The van der Waals surface area contributed by atoms with Crippen LogP contribution in [0.5, 0.6) is 0 Å². The SMILES string of the molecule is C/C(=C\CBr)CC/C=C(\C)Cn1ccc2ccccc21. The minimum atomic E-state index is 0.955. The zero-order valence-electron chi connectivity index (χ0n) is 12.3. The molecule has 0 saturated heterocycles. The Labute approximate surface area is 130 Å². The second-order valence-corrected chi connectivity index (χ2v) is 5.94. The Bertz CT molecular complexity index is 619. The summed E-state index contributed by atoms with van der Waals surface area (Å²) in [5.41, 5.74) is 4.20. The molecule has 2 heteroatoms. The van der Waals surface area contributed by atoms with Crippen molar-refractivity contribution in [3.63, 3.8) is 0 Å². The van der Waals surface area contributed by atoms with Gasteiger partial charge in [0.2, 0.25) is 0 Å². The molecule has 20 heavy (non-hydrogen) atoms. The molecule has 0 atom stereocenters. The summed E-state index contributed by atoms with van der Waals surface area (Å²) >= 11 is 3.44. The van der Waals surface area contributed by atoms with E-state index < -0.39 is 0 Å². The maximum atomic E-state index is 3.44. The maximum Gasteiger partial charge on any atom is 0.0483 e. The highest BCUT2D eigenvalue weighted by Gasteiger charge is 2.00. The zero-order valence-corrected chi connectivity index (χ0v) is 13.9. The molecule has 0 saturated carbocycles. The molecule has 2 rings (SSSR count). The number of rotatable bonds is 6. The highest BCUT2D eigenvalue weighted by Crippen LogP contribution is 2.17. The van der Waals surface area contributed by atoms with E-state index in [1.165, 1.54) is 22.0 Å². The average molecular weight is 332 g/mol. The molecular weight excluding hydrogens is 310 g/mol. The minimum Gasteiger partial charge on any atom is -0.343 e. The predicted molar refractivity (Wildman–Crippen MR) is 92.5 cm³/mol. The summed E-state index contributed by atoms with van der Waals surface area (Å²) < 4.78 is 2.32. The van der Waals surface area contributed by atoms with Crippen molar-refractivity contribution in [1.82, 2.24) is 4.57 Å². The molecule has 0 aliphatic heterocycles. The third-order valence-corrected chi connectivity index (χ3v) is 3.88.